The molecule has 1 aliphatic carbocycles. The summed E-state index contributed by atoms with van der Waals surface area (Å²) in [4.78, 5) is 7.97. The maximum atomic E-state index is 10.5. The Kier molecular flexibility index (Phi) is 3.31. The first-order valence-corrected chi connectivity index (χ1v) is 6.86. The van der Waals surface area contributed by atoms with Gasteiger partial charge in [0.15, 0.2) is 0 Å². The van der Waals surface area contributed by atoms with Crippen molar-refractivity contribution in [3.8, 4) is 0 Å². The van der Waals surface area contributed by atoms with Gasteiger partial charge in [0.05, 0.1) is 11.7 Å². The van der Waals surface area contributed by atoms with Crippen molar-refractivity contribution in [1.29, 1.82) is 0 Å². The third-order valence-electron chi connectivity index (χ3n) is 4.41. The molecule has 1 aromatic rings. The maximum absolute atomic E-state index is 10.5. The smallest absolute Gasteiger partial charge is 0.115 e. The molecule has 2 aliphatic rings. The largest absolute Gasteiger partial charge is 0.388 e. The highest BCUT2D eigenvalue weighted by atomic mass is 16.5. The molecule has 0 bridgehead atoms. The highest BCUT2D eigenvalue weighted by molar-refractivity contribution is 5.09. The van der Waals surface area contributed by atoms with E-state index in [-0.39, 0.29) is 11.5 Å². The van der Waals surface area contributed by atoms with Gasteiger partial charge in [-0.15, -0.1) is 0 Å². The van der Waals surface area contributed by atoms with E-state index in [0.717, 1.165) is 37.9 Å². The van der Waals surface area contributed by atoms with E-state index in [2.05, 4.69) is 9.97 Å². The van der Waals surface area contributed by atoms with E-state index in [0.29, 0.717) is 0 Å². The predicted octanol–water partition coefficient (Wildman–Crippen LogP) is 2.25. The van der Waals surface area contributed by atoms with E-state index in [1.807, 2.05) is 0 Å². The number of aliphatic hydroxyl groups excluding tert-OH is 1. The van der Waals surface area contributed by atoms with Crippen molar-refractivity contribution in [1.82, 2.24) is 9.97 Å². The average Bonchev–Trinajstić information content (AvgIpc) is 2.87. The second kappa shape index (κ2) is 4.94. The fraction of sp³-hybridized carbons (Fsp3) is 0.714. The second-order valence-electron chi connectivity index (χ2n) is 5.61. The fourth-order valence-corrected chi connectivity index (χ4v) is 3.44. The van der Waals surface area contributed by atoms with E-state index in [1.165, 1.54) is 19.2 Å². The van der Waals surface area contributed by atoms with Gasteiger partial charge in [0, 0.05) is 24.6 Å². The fourth-order valence-electron chi connectivity index (χ4n) is 3.44. The van der Waals surface area contributed by atoms with Crippen LogP contribution in [0.1, 0.15) is 50.2 Å². The van der Waals surface area contributed by atoms with Gasteiger partial charge in [0.25, 0.3) is 0 Å². The molecule has 2 unspecified atom stereocenters. The molecule has 1 N–H and O–H groups in total. The molecule has 1 spiro atoms. The van der Waals surface area contributed by atoms with Gasteiger partial charge in [-0.05, 0) is 31.6 Å². The standard InChI is InChI=1S/C14H20N2O2/c17-13(12-8-15-10-16-9-12)11-3-6-18-14(7-11)4-1-2-5-14/h8-11,13,17H,1-7H2. The van der Waals surface area contributed by atoms with Crippen LogP contribution in [0.2, 0.25) is 0 Å². The number of aliphatic hydroxyl groups is 1. The molecule has 1 aliphatic heterocycles. The summed E-state index contributed by atoms with van der Waals surface area (Å²) in [5, 5.41) is 10.5. The molecule has 0 aromatic carbocycles. The molecule has 2 fully saturated rings. The average molecular weight is 248 g/mol. The molecule has 4 heteroatoms. The summed E-state index contributed by atoms with van der Waals surface area (Å²) in [6, 6.07) is 0. The van der Waals surface area contributed by atoms with Crippen LogP contribution in [-0.4, -0.2) is 27.3 Å². The van der Waals surface area contributed by atoms with Crippen molar-refractivity contribution in [2.24, 2.45) is 5.92 Å². The first-order valence-electron chi connectivity index (χ1n) is 6.86. The Morgan fingerprint density at radius 3 is 2.72 bits per heavy atom. The first kappa shape index (κ1) is 12.1. The van der Waals surface area contributed by atoms with Crippen molar-refractivity contribution in [3.05, 3.63) is 24.3 Å². The van der Waals surface area contributed by atoms with Crippen molar-refractivity contribution in [2.45, 2.75) is 50.2 Å². The quantitative estimate of drug-likeness (QED) is 0.872. The number of hydrogen-bond donors (Lipinski definition) is 1. The lowest BCUT2D eigenvalue weighted by Gasteiger charge is -2.40. The molecule has 3 rings (SSSR count). The SMILES string of the molecule is OC(c1cncnc1)C1CCOC2(CCCC2)C1. The van der Waals surface area contributed by atoms with Crippen LogP contribution in [0, 0.1) is 5.92 Å². The molecule has 4 nitrogen and oxygen atoms in total. The van der Waals surface area contributed by atoms with Crippen LogP contribution in [0.4, 0.5) is 0 Å². The van der Waals surface area contributed by atoms with Gasteiger partial charge >= 0.3 is 0 Å². The number of ether oxygens (including phenoxy) is 1. The van der Waals surface area contributed by atoms with Gasteiger partial charge < -0.3 is 9.84 Å². The molecule has 18 heavy (non-hydrogen) atoms. The minimum absolute atomic E-state index is 0.0551. The van der Waals surface area contributed by atoms with Crippen LogP contribution in [0.25, 0.3) is 0 Å². The summed E-state index contributed by atoms with van der Waals surface area (Å²) in [5.41, 5.74) is 0.886. The van der Waals surface area contributed by atoms with Gasteiger partial charge in [-0.2, -0.15) is 0 Å². The lowest BCUT2D eigenvalue weighted by molar-refractivity contribution is -0.113. The van der Waals surface area contributed by atoms with E-state index in [4.69, 9.17) is 4.74 Å². The summed E-state index contributed by atoms with van der Waals surface area (Å²) in [6.45, 7) is 0.773. The summed E-state index contributed by atoms with van der Waals surface area (Å²) in [6.07, 6.45) is 11.2. The number of hydrogen-bond acceptors (Lipinski definition) is 4. The Morgan fingerprint density at radius 1 is 1.28 bits per heavy atom. The zero-order valence-electron chi connectivity index (χ0n) is 10.6. The van der Waals surface area contributed by atoms with E-state index >= 15 is 0 Å². The Morgan fingerprint density at radius 2 is 2.00 bits per heavy atom. The number of rotatable bonds is 2. The summed E-state index contributed by atoms with van der Waals surface area (Å²) in [7, 11) is 0. The Bertz CT molecular complexity index is 390. The van der Waals surface area contributed by atoms with E-state index in [1.54, 1.807) is 12.4 Å². The highest BCUT2D eigenvalue weighted by Gasteiger charge is 2.41. The summed E-state index contributed by atoms with van der Waals surface area (Å²) < 4.78 is 6.00. The van der Waals surface area contributed by atoms with Crippen LogP contribution in [0.5, 0.6) is 0 Å². The molecule has 1 saturated carbocycles. The van der Waals surface area contributed by atoms with Crippen LogP contribution < -0.4 is 0 Å². The third kappa shape index (κ3) is 2.27. The van der Waals surface area contributed by atoms with Crippen LogP contribution in [0.3, 0.4) is 0 Å². The highest BCUT2D eigenvalue weighted by Crippen LogP contribution is 2.45. The van der Waals surface area contributed by atoms with Gasteiger partial charge in [-0.3, -0.25) is 0 Å². The van der Waals surface area contributed by atoms with Crippen LogP contribution >= 0.6 is 0 Å². The Balaban J connectivity index is 1.72. The minimum atomic E-state index is -0.451. The van der Waals surface area contributed by atoms with Gasteiger partial charge in [-0.25, -0.2) is 9.97 Å². The molecule has 1 aromatic heterocycles. The molecule has 0 radical (unpaired) electrons. The third-order valence-corrected chi connectivity index (χ3v) is 4.41. The minimum Gasteiger partial charge on any atom is -0.388 e. The molecule has 2 heterocycles. The molecular formula is C14H20N2O2. The topological polar surface area (TPSA) is 55.2 Å². The van der Waals surface area contributed by atoms with E-state index < -0.39 is 6.10 Å². The van der Waals surface area contributed by atoms with Crippen LogP contribution in [0.15, 0.2) is 18.7 Å². The molecule has 98 valence electrons. The van der Waals surface area contributed by atoms with Crippen molar-refractivity contribution < 1.29 is 9.84 Å². The van der Waals surface area contributed by atoms with Crippen molar-refractivity contribution in [2.75, 3.05) is 6.61 Å². The lowest BCUT2D eigenvalue weighted by atomic mass is 9.80. The monoisotopic (exact) mass is 248 g/mol. The van der Waals surface area contributed by atoms with Crippen molar-refractivity contribution >= 4 is 0 Å². The zero-order valence-corrected chi connectivity index (χ0v) is 10.6. The number of nitrogens with zero attached hydrogens (tertiary/aromatic N) is 2. The Hall–Kier alpha value is -1.00. The van der Waals surface area contributed by atoms with Crippen LogP contribution in [-0.2, 0) is 4.74 Å². The zero-order chi connectivity index (χ0) is 12.4. The number of aromatic nitrogens is 2. The molecule has 0 amide bonds. The van der Waals surface area contributed by atoms with Gasteiger partial charge in [0.1, 0.15) is 6.33 Å². The summed E-state index contributed by atoms with van der Waals surface area (Å²) in [5.74, 6) is 0.280. The first-order chi connectivity index (χ1) is 8.79. The van der Waals surface area contributed by atoms with Gasteiger partial charge in [-0.1, -0.05) is 12.8 Å². The lowest BCUT2D eigenvalue weighted by Crippen LogP contribution is -2.39. The normalized spacial score (nSPS) is 28.4. The second-order valence-corrected chi connectivity index (χ2v) is 5.61. The predicted molar refractivity (Wildman–Crippen MR) is 66.9 cm³/mol. The van der Waals surface area contributed by atoms with E-state index in [9.17, 15) is 5.11 Å². The molecule has 1 saturated heterocycles. The van der Waals surface area contributed by atoms with Crippen molar-refractivity contribution in [3.63, 3.8) is 0 Å². The molecular weight excluding hydrogens is 228 g/mol. The molecule has 2 atom stereocenters. The summed E-state index contributed by atoms with van der Waals surface area (Å²) >= 11 is 0. The van der Waals surface area contributed by atoms with Gasteiger partial charge in [0.2, 0.25) is 0 Å². The maximum Gasteiger partial charge on any atom is 0.115 e. The Labute approximate surface area is 107 Å².